The minimum absolute atomic E-state index is 0. The molecule has 0 amide bonds. The number of carboxylic acids is 2. The maximum absolute atomic E-state index is 11.2. The SMILES string of the molecule is CCCCCCC(C(=O)O)(C(=O)O)C(C)C.[H-].[H-].[Li+].[Na+]. The van der Waals surface area contributed by atoms with Gasteiger partial charge in [-0.3, -0.25) is 9.59 Å². The largest absolute Gasteiger partial charge is 1.00 e. The second-order valence-corrected chi connectivity index (χ2v) is 4.55. The summed E-state index contributed by atoms with van der Waals surface area (Å²) in [6.07, 6.45) is 3.84. The van der Waals surface area contributed by atoms with Crippen LogP contribution in [0, 0.1) is 11.3 Å². The Kier molecular flexibility index (Phi) is 14.9. The molecule has 18 heavy (non-hydrogen) atoms. The predicted molar refractivity (Wildman–Crippen MR) is 63.5 cm³/mol. The van der Waals surface area contributed by atoms with Crippen LogP contribution in [0.25, 0.3) is 0 Å². The number of carbonyl (C=O) groups is 2. The van der Waals surface area contributed by atoms with Crippen molar-refractivity contribution in [3.63, 3.8) is 0 Å². The molecule has 0 bridgehead atoms. The molecule has 2 N–H and O–H groups in total. The Labute approximate surface area is 146 Å². The number of hydrogen-bond acceptors (Lipinski definition) is 2. The average molecular weight is 262 g/mol. The Morgan fingerprint density at radius 3 is 1.83 bits per heavy atom. The van der Waals surface area contributed by atoms with Crippen LogP contribution in [0.2, 0.25) is 0 Å². The summed E-state index contributed by atoms with van der Waals surface area (Å²) in [6, 6.07) is 0. The second kappa shape index (κ2) is 11.4. The first kappa shape index (κ1) is 23.6. The topological polar surface area (TPSA) is 74.6 Å². The number of aliphatic carboxylic acids is 2. The van der Waals surface area contributed by atoms with Gasteiger partial charge in [0.1, 0.15) is 0 Å². The minimum Gasteiger partial charge on any atom is -1.00 e. The third-order valence-electron chi connectivity index (χ3n) is 3.17. The summed E-state index contributed by atoms with van der Waals surface area (Å²) < 4.78 is 0. The van der Waals surface area contributed by atoms with Gasteiger partial charge in [-0.05, 0) is 12.3 Å². The van der Waals surface area contributed by atoms with E-state index in [2.05, 4.69) is 6.92 Å². The van der Waals surface area contributed by atoms with E-state index in [4.69, 9.17) is 10.2 Å². The normalized spacial score (nSPS) is 10.4. The van der Waals surface area contributed by atoms with E-state index in [-0.39, 0.29) is 57.7 Å². The van der Waals surface area contributed by atoms with Gasteiger partial charge in [0.05, 0.1) is 0 Å². The summed E-state index contributed by atoms with van der Waals surface area (Å²) >= 11 is 0. The molecule has 0 aliphatic carbocycles. The van der Waals surface area contributed by atoms with Crippen LogP contribution in [0.1, 0.15) is 55.7 Å². The van der Waals surface area contributed by atoms with Gasteiger partial charge in [0.15, 0.2) is 5.41 Å². The van der Waals surface area contributed by atoms with E-state index < -0.39 is 23.3 Å². The molecule has 0 aliphatic rings. The molecule has 4 nitrogen and oxygen atoms in total. The van der Waals surface area contributed by atoms with E-state index in [0.29, 0.717) is 6.42 Å². The molecule has 0 aromatic carbocycles. The van der Waals surface area contributed by atoms with E-state index in [9.17, 15) is 9.59 Å². The summed E-state index contributed by atoms with van der Waals surface area (Å²) in [6.45, 7) is 5.37. The van der Waals surface area contributed by atoms with Gasteiger partial charge in [-0.25, -0.2) is 0 Å². The molecule has 6 heteroatoms. The summed E-state index contributed by atoms with van der Waals surface area (Å²) in [5, 5.41) is 18.3. The van der Waals surface area contributed by atoms with Gasteiger partial charge < -0.3 is 13.1 Å². The van der Waals surface area contributed by atoms with Crippen molar-refractivity contribution in [2.45, 2.75) is 52.9 Å². The summed E-state index contributed by atoms with van der Waals surface area (Å²) in [7, 11) is 0. The molecule has 0 spiro atoms. The van der Waals surface area contributed by atoms with Gasteiger partial charge in [0.2, 0.25) is 0 Å². The number of rotatable bonds is 8. The van der Waals surface area contributed by atoms with Crippen molar-refractivity contribution in [1.82, 2.24) is 0 Å². The molecule has 0 aromatic rings. The van der Waals surface area contributed by atoms with Crippen LogP contribution in [0.3, 0.4) is 0 Å². The van der Waals surface area contributed by atoms with Crippen molar-refractivity contribution in [3.8, 4) is 0 Å². The van der Waals surface area contributed by atoms with Crippen LogP contribution in [0.4, 0.5) is 0 Å². The average Bonchev–Trinajstić information content (AvgIpc) is 2.16. The first-order chi connectivity index (χ1) is 7.39. The Morgan fingerprint density at radius 2 is 1.56 bits per heavy atom. The zero-order valence-electron chi connectivity index (χ0n) is 14.3. The first-order valence-electron chi connectivity index (χ1n) is 5.86. The fourth-order valence-corrected chi connectivity index (χ4v) is 1.92. The van der Waals surface area contributed by atoms with Crippen molar-refractivity contribution < 1.29 is 71.1 Å². The maximum atomic E-state index is 11.2. The second-order valence-electron chi connectivity index (χ2n) is 4.55. The fourth-order valence-electron chi connectivity index (χ4n) is 1.92. The molecular formula is C12H24LiNaO4. The smallest absolute Gasteiger partial charge is 1.00 e. The van der Waals surface area contributed by atoms with Gasteiger partial charge in [0.25, 0.3) is 0 Å². The summed E-state index contributed by atoms with van der Waals surface area (Å²) in [4.78, 5) is 22.4. The first-order valence-corrected chi connectivity index (χ1v) is 5.86. The number of unbranched alkanes of at least 4 members (excludes halogenated alkanes) is 3. The molecule has 0 unspecified atom stereocenters. The van der Waals surface area contributed by atoms with Gasteiger partial charge in [-0.2, -0.15) is 0 Å². The zero-order valence-corrected chi connectivity index (χ0v) is 14.3. The molecule has 0 rings (SSSR count). The molecule has 0 heterocycles. The van der Waals surface area contributed by atoms with Crippen molar-refractivity contribution in [2.75, 3.05) is 0 Å². The van der Waals surface area contributed by atoms with Crippen LogP contribution >= 0.6 is 0 Å². The molecule has 98 valence electrons. The molecule has 0 atom stereocenters. The Bertz CT molecular complexity index is 252. The Morgan fingerprint density at radius 1 is 1.11 bits per heavy atom. The number of hydrogen-bond donors (Lipinski definition) is 2. The van der Waals surface area contributed by atoms with E-state index in [1.165, 1.54) is 0 Å². The van der Waals surface area contributed by atoms with Crippen LogP contribution in [0.15, 0.2) is 0 Å². The minimum atomic E-state index is -1.62. The maximum Gasteiger partial charge on any atom is 1.00 e. The van der Waals surface area contributed by atoms with E-state index >= 15 is 0 Å². The van der Waals surface area contributed by atoms with Gasteiger partial charge in [0, 0.05) is 0 Å². The van der Waals surface area contributed by atoms with Crippen molar-refractivity contribution in [3.05, 3.63) is 0 Å². The summed E-state index contributed by atoms with van der Waals surface area (Å²) in [5.74, 6) is -2.83. The van der Waals surface area contributed by atoms with Gasteiger partial charge in [-0.1, -0.05) is 46.5 Å². The van der Waals surface area contributed by atoms with Crippen LogP contribution in [-0.4, -0.2) is 22.2 Å². The molecule has 0 saturated carbocycles. The third-order valence-corrected chi connectivity index (χ3v) is 3.17. The standard InChI is InChI=1S/C12H22O4.Li.Na.2H/c1-4-5-6-7-8-12(9(2)3,10(13)14)11(15)16;;;;/h9H,4-8H2,1-3H3,(H,13,14)(H,15,16);;;;/q;2*+1;2*-1. The molecule has 0 aromatic heterocycles. The summed E-state index contributed by atoms with van der Waals surface area (Å²) in [5.41, 5.74) is -1.62. The molecule has 0 radical (unpaired) electrons. The van der Waals surface area contributed by atoms with Gasteiger partial charge in [-0.15, -0.1) is 0 Å². The van der Waals surface area contributed by atoms with E-state index in [1.807, 2.05) is 0 Å². The molecule has 0 saturated heterocycles. The van der Waals surface area contributed by atoms with Gasteiger partial charge >= 0.3 is 60.4 Å². The monoisotopic (exact) mass is 262 g/mol. The fraction of sp³-hybridized carbons (Fsp3) is 0.833. The molecule has 0 fully saturated rings. The van der Waals surface area contributed by atoms with E-state index in [0.717, 1.165) is 19.3 Å². The zero-order chi connectivity index (χ0) is 12.8. The Balaban J connectivity index is -0.000000187. The predicted octanol–water partition coefficient (Wildman–Crippen LogP) is -3.00. The molecule has 0 aliphatic heterocycles. The van der Waals surface area contributed by atoms with E-state index in [1.54, 1.807) is 13.8 Å². The third kappa shape index (κ3) is 6.12. The Hall–Kier alpha value is 0.537. The van der Waals surface area contributed by atoms with Crippen molar-refractivity contribution in [2.24, 2.45) is 11.3 Å². The molecular weight excluding hydrogens is 238 g/mol. The van der Waals surface area contributed by atoms with Crippen LogP contribution in [0.5, 0.6) is 0 Å². The van der Waals surface area contributed by atoms with Crippen molar-refractivity contribution >= 4 is 11.9 Å². The number of carboxylic acid groups (broad SMARTS) is 2. The quantitative estimate of drug-likeness (QED) is 0.278. The van der Waals surface area contributed by atoms with Crippen LogP contribution in [-0.2, 0) is 9.59 Å². The van der Waals surface area contributed by atoms with Crippen LogP contribution < -0.4 is 48.4 Å². The van der Waals surface area contributed by atoms with Crippen molar-refractivity contribution in [1.29, 1.82) is 0 Å².